The molecule has 2 atom stereocenters. The molecule has 0 heterocycles. The molecule has 54 heavy (non-hydrogen) atoms. The van der Waals surface area contributed by atoms with E-state index in [1.165, 1.54) is 100 Å². The molecule has 1 nitrogen and oxygen atoms in total. The SMILES string of the molecule is CCC1=Cc2c(cc(C(C)(C)C)c(OC)c2-c2cc(C)cc(C)c2)C1[Si](C)(C)C1C(C)=Cc2c(-c3cc(C)cc(C)c3)ccc(-c3cc(C)cc(C)c3)c21. The maximum Gasteiger partial charge on any atom is 0.131 e. The van der Waals surface area contributed by atoms with Crippen LogP contribution in [-0.4, -0.2) is 15.2 Å². The molecule has 0 fully saturated rings. The van der Waals surface area contributed by atoms with Crippen LogP contribution in [0.15, 0.2) is 83.9 Å². The molecular formula is C52H60OSi. The van der Waals surface area contributed by atoms with Crippen LogP contribution < -0.4 is 4.74 Å². The molecule has 0 bridgehead atoms. The van der Waals surface area contributed by atoms with Gasteiger partial charge in [-0.1, -0.05) is 170 Å². The largest absolute Gasteiger partial charge is 0.496 e. The maximum absolute atomic E-state index is 6.44. The Morgan fingerprint density at radius 2 is 1.07 bits per heavy atom. The van der Waals surface area contributed by atoms with E-state index in [1.807, 2.05) is 7.11 Å². The van der Waals surface area contributed by atoms with E-state index in [0.717, 1.165) is 12.2 Å². The highest BCUT2D eigenvalue weighted by Gasteiger charge is 2.49. The molecule has 7 rings (SSSR count). The molecule has 0 amide bonds. The number of fused-ring (bicyclic) bond motifs is 2. The molecule has 2 heteroatoms. The Bertz CT molecular complexity index is 2330. The summed E-state index contributed by atoms with van der Waals surface area (Å²) < 4.78 is 6.44. The third-order valence-electron chi connectivity index (χ3n) is 12.3. The van der Waals surface area contributed by atoms with Crippen LogP contribution >= 0.6 is 0 Å². The Kier molecular flexibility index (Phi) is 9.62. The van der Waals surface area contributed by atoms with E-state index in [2.05, 4.69) is 174 Å². The van der Waals surface area contributed by atoms with E-state index in [0.29, 0.717) is 11.1 Å². The van der Waals surface area contributed by atoms with Crippen molar-refractivity contribution in [2.45, 2.75) is 112 Å². The molecule has 5 aromatic carbocycles. The molecule has 0 saturated carbocycles. The van der Waals surface area contributed by atoms with Gasteiger partial charge >= 0.3 is 0 Å². The molecule has 2 aliphatic rings. The van der Waals surface area contributed by atoms with Crippen LogP contribution in [0.4, 0.5) is 0 Å². The molecule has 2 unspecified atom stereocenters. The van der Waals surface area contributed by atoms with Gasteiger partial charge in [0.1, 0.15) is 5.75 Å². The van der Waals surface area contributed by atoms with Crippen LogP contribution in [-0.2, 0) is 5.41 Å². The fourth-order valence-corrected chi connectivity index (χ4v) is 15.4. The number of benzene rings is 5. The van der Waals surface area contributed by atoms with Gasteiger partial charge in [0.2, 0.25) is 0 Å². The summed E-state index contributed by atoms with van der Waals surface area (Å²) in [5.74, 6) is 1.02. The number of methoxy groups -OCH3 is 1. The summed E-state index contributed by atoms with van der Waals surface area (Å²) in [5.41, 5.74) is 26.6. The molecule has 0 saturated heterocycles. The first kappa shape index (κ1) is 37.9. The first-order valence-corrected chi connectivity index (χ1v) is 23.1. The van der Waals surface area contributed by atoms with Crippen molar-refractivity contribution in [3.8, 4) is 39.1 Å². The summed E-state index contributed by atoms with van der Waals surface area (Å²) in [7, 11) is -0.391. The minimum atomic E-state index is -2.26. The van der Waals surface area contributed by atoms with E-state index in [1.54, 1.807) is 5.57 Å². The Balaban J connectivity index is 1.51. The zero-order valence-corrected chi connectivity index (χ0v) is 36.4. The van der Waals surface area contributed by atoms with Gasteiger partial charge in [-0.05, 0) is 110 Å². The Morgan fingerprint density at radius 1 is 0.593 bits per heavy atom. The Hall–Kier alpha value is -4.40. The summed E-state index contributed by atoms with van der Waals surface area (Å²) in [6.07, 6.45) is 6.17. The second-order valence-electron chi connectivity index (χ2n) is 18.4. The fourth-order valence-electron chi connectivity index (χ4n) is 10.5. The first-order chi connectivity index (χ1) is 25.4. The van der Waals surface area contributed by atoms with Crippen LogP contribution in [0.25, 0.3) is 45.5 Å². The van der Waals surface area contributed by atoms with Gasteiger partial charge in [0.15, 0.2) is 0 Å². The molecule has 0 aromatic heterocycles. The smallest absolute Gasteiger partial charge is 0.131 e. The number of hydrogen-bond donors (Lipinski definition) is 0. The van der Waals surface area contributed by atoms with Gasteiger partial charge in [-0.25, -0.2) is 0 Å². The van der Waals surface area contributed by atoms with E-state index in [-0.39, 0.29) is 5.41 Å². The second-order valence-corrected chi connectivity index (χ2v) is 23.1. The molecular weight excluding hydrogens is 669 g/mol. The predicted octanol–water partition coefficient (Wildman–Crippen LogP) is 14.7. The molecule has 2 aliphatic carbocycles. The van der Waals surface area contributed by atoms with Crippen molar-refractivity contribution < 1.29 is 4.74 Å². The first-order valence-electron chi connectivity index (χ1n) is 20.0. The van der Waals surface area contributed by atoms with Crippen LogP contribution in [0, 0.1) is 41.5 Å². The molecule has 0 N–H and O–H groups in total. The third-order valence-corrected chi connectivity index (χ3v) is 16.7. The third kappa shape index (κ3) is 6.45. The average Bonchev–Trinajstić information content (AvgIpc) is 3.63. The van der Waals surface area contributed by atoms with Crippen LogP contribution in [0.3, 0.4) is 0 Å². The number of allylic oxidation sites excluding steroid dienone is 2. The normalized spacial score (nSPS) is 16.6. The zero-order chi connectivity index (χ0) is 39.0. The monoisotopic (exact) mass is 728 g/mol. The van der Waals surface area contributed by atoms with Crippen molar-refractivity contribution in [2.75, 3.05) is 7.11 Å². The fraction of sp³-hybridized carbons (Fsp3) is 0.346. The predicted molar refractivity (Wildman–Crippen MR) is 238 cm³/mol. The quantitative estimate of drug-likeness (QED) is 0.152. The highest BCUT2D eigenvalue weighted by atomic mass is 28.3. The van der Waals surface area contributed by atoms with Gasteiger partial charge in [0.05, 0.1) is 15.2 Å². The lowest BCUT2D eigenvalue weighted by Crippen LogP contribution is -2.43. The van der Waals surface area contributed by atoms with E-state index < -0.39 is 8.07 Å². The van der Waals surface area contributed by atoms with Crippen molar-refractivity contribution >= 4 is 20.2 Å². The van der Waals surface area contributed by atoms with Crippen molar-refractivity contribution in [2.24, 2.45) is 0 Å². The molecule has 5 aromatic rings. The van der Waals surface area contributed by atoms with E-state index >= 15 is 0 Å². The molecule has 0 radical (unpaired) electrons. The van der Waals surface area contributed by atoms with E-state index in [9.17, 15) is 0 Å². The van der Waals surface area contributed by atoms with Gasteiger partial charge in [0, 0.05) is 22.2 Å². The van der Waals surface area contributed by atoms with Gasteiger partial charge in [-0.2, -0.15) is 0 Å². The Morgan fingerprint density at radius 3 is 1.56 bits per heavy atom. The average molecular weight is 729 g/mol. The van der Waals surface area contributed by atoms with Crippen LogP contribution in [0.1, 0.15) is 113 Å². The summed E-state index contributed by atoms with van der Waals surface area (Å²) in [5, 5.41) is 0. The summed E-state index contributed by atoms with van der Waals surface area (Å²) in [6, 6.07) is 28.6. The van der Waals surface area contributed by atoms with Crippen LogP contribution in [0.5, 0.6) is 5.75 Å². The van der Waals surface area contributed by atoms with Gasteiger partial charge in [-0.15, -0.1) is 0 Å². The number of aryl methyl sites for hydroxylation is 6. The number of ether oxygens (including phenoxy) is 1. The zero-order valence-electron chi connectivity index (χ0n) is 35.4. The summed E-state index contributed by atoms with van der Waals surface area (Å²) in [4.78, 5) is 0. The van der Waals surface area contributed by atoms with Crippen molar-refractivity contribution in [1.29, 1.82) is 0 Å². The topological polar surface area (TPSA) is 9.23 Å². The van der Waals surface area contributed by atoms with Crippen molar-refractivity contribution in [3.63, 3.8) is 0 Å². The highest BCUT2D eigenvalue weighted by Crippen LogP contribution is 2.58. The number of hydrogen-bond acceptors (Lipinski definition) is 1. The van der Waals surface area contributed by atoms with Crippen molar-refractivity contribution in [3.05, 3.63) is 145 Å². The Labute approximate surface area is 327 Å². The summed E-state index contributed by atoms with van der Waals surface area (Å²) in [6.45, 7) is 30.6. The molecule has 278 valence electrons. The minimum Gasteiger partial charge on any atom is -0.496 e. The molecule has 0 spiro atoms. The van der Waals surface area contributed by atoms with E-state index in [4.69, 9.17) is 4.74 Å². The summed E-state index contributed by atoms with van der Waals surface area (Å²) >= 11 is 0. The number of rotatable bonds is 7. The lowest BCUT2D eigenvalue weighted by molar-refractivity contribution is 0.399. The lowest BCUT2D eigenvalue weighted by Gasteiger charge is -2.41. The van der Waals surface area contributed by atoms with Crippen LogP contribution in [0.2, 0.25) is 13.1 Å². The minimum absolute atomic E-state index is 0.0912. The van der Waals surface area contributed by atoms with Gasteiger partial charge in [0.25, 0.3) is 0 Å². The maximum atomic E-state index is 6.44. The molecule has 0 aliphatic heterocycles. The van der Waals surface area contributed by atoms with Gasteiger partial charge < -0.3 is 4.74 Å². The lowest BCUT2D eigenvalue weighted by atomic mass is 9.81. The van der Waals surface area contributed by atoms with Gasteiger partial charge in [-0.3, -0.25) is 0 Å². The van der Waals surface area contributed by atoms with Crippen molar-refractivity contribution in [1.82, 2.24) is 0 Å². The standard InChI is InChI=1S/C52H60OSi/c1-15-37-28-44-45(29-46(52(9,10)11)49(53-12)47(44)40-25-34(6)20-35(7)26-40)51(37)54(13,14)50-36(8)27-43-41(38-21-30(2)18-31(3)22-38)16-17-42(48(43)50)39-23-32(4)19-33(5)24-39/h16-29,50-51H,15H2,1-14H3. The highest BCUT2D eigenvalue weighted by molar-refractivity contribution is 6.82. The second kappa shape index (κ2) is 13.7.